The Balaban J connectivity index is 1.79. The molecule has 3 rings (SSSR count). The highest BCUT2D eigenvalue weighted by Gasteiger charge is 2.53. The van der Waals surface area contributed by atoms with E-state index in [2.05, 4.69) is 5.32 Å². The van der Waals surface area contributed by atoms with Gasteiger partial charge in [0.15, 0.2) is 5.78 Å². The first-order valence-corrected chi connectivity index (χ1v) is 7.68. The van der Waals surface area contributed by atoms with Crippen molar-refractivity contribution in [3.8, 4) is 0 Å². The molecule has 7 heteroatoms. The first-order valence-electron chi connectivity index (χ1n) is 6.53. The second kappa shape index (κ2) is 5.14. The molecular weight excluding hydrogens is 295 g/mol. The number of carbonyl (C=O) groups excluding carboxylic acids is 3. The summed E-state index contributed by atoms with van der Waals surface area (Å²) in [6.45, 7) is -0.433. The number of Topliss-reactive ketones (excluding diaryl/α,β-unsaturated/α-hetero) is 1. The Morgan fingerprint density at radius 1 is 1.38 bits per heavy atom. The Bertz CT molecular complexity index is 628. The molecule has 2 saturated heterocycles. The molecule has 0 saturated carbocycles. The molecule has 2 heterocycles. The lowest BCUT2D eigenvalue weighted by molar-refractivity contribution is -0.130. The van der Waals surface area contributed by atoms with Crippen LogP contribution in [0.5, 0.6) is 0 Å². The summed E-state index contributed by atoms with van der Waals surface area (Å²) in [7, 11) is 0. The predicted molar refractivity (Wildman–Crippen MR) is 75.6 cm³/mol. The summed E-state index contributed by atoms with van der Waals surface area (Å²) in [6, 6.07) is 4.96. The average molecular weight is 308 g/mol. The molecule has 1 aromatic rings. The number of halogens is 1. The van der Waals surface area contributed by atoms with Gasteiger partial charge in [-0.25, -0.2) is 9.18 Å². The largest absolute Gasteiger partial charge is 0.325 e. The minimum Gasteiger partial charge on any atom is -0.322 e. The minimum absolute atomic E-state index is 0.111. The number of thioether (sulfide) groups is 1. The van der Waals surface area contributed by atoms with E-state index in [0.717, 1.165) is 10.7 Å². The zero-order chi connectivity index (χ0) is 15.0. The van der Waals surface area contributed by atoms with Crippen LogP contribution >= 0.6 is 11.8 Å². The van der Waals surface area contributed by atoms with Crippen LogP contribution in [0, 0.1) is 5.82 Å². The van der Waals surface area contributed by atoms with Crippen molar-refractivity contribution in [2.24, 2.45) is 0 Å². The topological polar surface area (TPSA) is 66.5 Å². The zero-order valence-electron chi connectivity index (χ0n) is 11.1. The lowest BCUT2D eigenvalue weighted by Gasteiger charge is -2.18. The fourth-order valence-electron chi connectivity index (χ4n) is 2.57. The van der Waals surface area contributed by atoms with E-state index in [0.29, 0.717) is 12.2 Å². The highest BCUT2D eigenvalue weighted by atomic mass is 32.2. The molecule has 3 amide bonds. The normalized spacial score (nSPS) is 24.7. The van der Waals surface area contributed by atoms with Gasteiger partial charge in [-0.15, -0.1) is 0 Å². The molecule has 110 valence electrons. The van der Waals surface area contributed by atoms with Gasteiger partial charge in [-0.2, -0.15) is 11.8 Å². The fourth-order valence-corrected chi connectivity index (χ4v) is 3.89. The number of carbonyl (C=O) groups is 3. The highest BCUT2D eigenvalue weighted by molar-refractivity contribution is 7.99. The molecule has 1 spiro atoms. The van der Waals surface area contributed by atoms with Crippen LogP contribution < -0.4 is 5.32 Å². The second-order valence-corrected chi connectivity index (χ2v) is 6.21. The summed E-state index contributed by atoms with van der Waals surface area (Å²) in [5.41, 5.74) is -0.989. The van der Waals surface area contributed by atoms with E-state index >= 15 is 0 Å². The standard InChI is InChI=1S/C14H13FN2O3S/c15-10-4-2-1-3-9(10)11(18)7-17-12(19)14(16-13(17)20)5-6-21-8-14/h1-4H,5-8H2,(H,16,20)/t14-/m0/s1. The molecule has 1 aromatic carbocycles. The van der Waals surface area contributed by atoms with Gasteiger partial charge >= 0.3 is 6.03 Å². The highest BCUT2D eigenvalue weighted by Crippen LogP contribution is 2.33. The van der Waals surface area contributed by atoms with E-state index < -0.39 is 29.7 Å². The van der Waals surface area contributed by atoms with Crippen molar-refractivity contribution in [3.63, 3.8) is 0 Å². The third-order valence-electron chi connectivity index (χ3n) is 3.74. The van der Waals surface area contributed by atoms with E-state index in [1.807, 2.05) is 0 Å². The van der Waals surface area contributed by atoms with Gasteiger partial charge in [0.1, 0.15) is 11.4 Å². The van der Waals surface area contributed by atoms with E-state index in [1.54, 1.807) is 11.8 Å². The maximum Gasteiger partial charge on any atom is 0.325 e. The molecule has 0 unspecified atom stereocenters. The number of nitrogens with zero attached hydrogens (tertiary/aromatic N) is 1. The smallest absolute Gasteiger partial charge is 0.322 e. The molecule has 0 aromatic heterocycles. The number of urea groups is 1. The van der Waals surface area contributed by atoms with Crippen molar-refractivity contribution in [1.29, 1.82) is 0 Å². The van der Waals surface area contributed by atoms with Crippen molar-refractivity contribution in [2.75, 3.05) is 18.1 Å². The Labute approximate surface area is 124 Å². The summed E-state index contributed by atoms with van der Waals surface area (Å²) in [5.74, 6) is -0.314. The zero-order valence-corrected chi connectivity index (χ0v) is 11.9. The molecule has 21 heavy (non-hydrogen) atoms. The minimum atomic E-state index is -0.878. The van der Waals surface area contributed by atoms with Crippen LogP contribution in [0.4, 0.5) is 9.18 Å². The SMILES string of the molecule is O=C(CN1C(=O)N[C@]2(CCSC2)C1=O)c1ccccc1F. The molecule has 1 atom stereocenters. The van der Waals surface area contributed by atoms with Gasteiger partial charge in [-0.05, 0) is 24.3 Å². The van der Waals surface area contributed by atoms with E-state index in [1.165, 1.54) is 24.3 Å². The monoisotopic (exact) mass is 308 g/mol. The number of nitrogens with one attached hydrogen (secondary N) is 1. The number of rotatable bonds is 3. The van der Waals surface area contributed by atoms with Gasteiger partial charge < -0.3 is 5.32 Å². The summed E-state index contributed by atoms with van der Waals surface area (Å²) in [4.78, 5) is 37.3. The Morgan fingerprint density at radius 3 is 2.81 bits per heavy atom. The average Bonchev–Trinajstić information content (AvgIpc) is 3.01. The summed E-state index contributed by atoms with van der Waals surface area (Å²) < 4.78 is 13.6. The van der Waals surface area contributed by atoms with Crippen molar-refractivity contribution >= 4 is 29.5 Å². The van der Waals surface area contributed by atoms with Gasteiger partial charge in [0.05, 0.1) is 12.1 Å². The molecule has 5 nitrogen and oxygen atoms in total. The number of hydrogen-bond acceptors (Lipinski definition) is 4. The van der Waals surface area contributed by atoms with Gasteiger partial charge in [-0.3, -0.25) is 14.5 Å². The molecular formula is C14H13FN2O3S. The van der Waals surface area contributed by atoms with Gasteiger partial charge in [0.25, 0.3) is 5.91 Å². The van der Waals surface area contributed by atoms with Crippen molar-refractivity contribution in [3.05, 3.63) is 35.6 Å². The van der Waals surface area contributed by atoms with Crippen LogP contribution in [-0.2, 0) is 4.79 Å². The van der Waals surface area contributed by atoms with Crippen molar-refractivity contribution in [2.45, 2.75) is 12.0 Å². The van der Waals surface area contributed by atoms with Gasteiger partial charge in [0.2, 0.25) is 0 Å². The van der Waals surface area contributed by atoms with E-state index in [9.17, 15) is 18.8 Å². The molecule has 0 aliphatic carbocycles. The Hall–Kier alpha value is -1.89. The Kier molecular flexibility index (Phi) is 3.44. The number of ketones is 1. The van der Waals surface area contributed by atoms with Crippen molar-refractivity contribution in [1.82, 2.24) is 10.2 Å². The van der Waals surface area contributed by atoms with Crippen LogP contribution in [0.2, 0.25) is 0 Å². The van der Waals surface area contributed by atoms with E-state index in [4.69, 9.17) is 0 Å². The number of hydrogen-bond donors (Lipinski definition) is 1. The van der Waals surface area contributed by atoms with Crippen molar-refractivity contribution < 1.29 is 18.8 Å². The quantitative estimate of drug-likeness (QED) is 0.678. The predicted octanol–water partition coefficient (Wildman–Crippen LogP) is 1.44. The molecule has 0 radical (unpaired) electrons. The van der Waals surface area contributed by atoms with Gasteiger partial charge in [-0.1, -0.05) is 12.1 Å². The van der Waals surface area contributed by atoms with Gasteiger partial charge in [0, 0.05) is 5.75 Å². The third kappa shape index (κ3) is 2.31. The summed E-state index contributed by atoms with van der Waals surface area (Å²) >= 11 is 1.59. The fraction of sp³-hybridized carbons (Fsp3) is 0.357. The second-order valence-electron chi connectivity index (χ2n) is 5.11. The molecule has 0 bridgehead atoms. The van der Waals surface area contributed by atoms with Crippen LogP contribution in [0.25, 0.3) is 0 Å². The summed E-state index contributed by atoms with van der Waals surface area (Å²) in [6.07, 6.45) is 0.562. The number of benzene rings is 1. The maximum atomic E-state index is 13.6. The first kappa shape index (κ1) is 14.1. The summed E-state index contributed by atoms with van der Waals surface area (Å²) in [5, 5.41) is 2.67. The molecule has 2 aliphatic rings. The third-order valence-corrected chi connectivity index (χ3v) is 4.93. The Morgan fingerprint density at radius 2 is 2.14 bits per heavy atom. The lowest BCUT2D eigenvalue weighted by atomic mass is 9.99. The number of amides is 3. The first-order chi connectivity index (χ1) is 10.0. The maximum absolute atomic E-state index is 13.6. The molecule has 1 N–H and O–H groups in total. The van der Waals surface area contributed by atoms with Crippen LogP contribution in [0.15, 0.2) is 24.3 Å². The number of imide groups is 1. The van der Waals surface area contributed by atoms with Crippen LogP contribution in [0.1, 0.15) is 16.8 Å². The van der Waals surface area contributed by atoms with Crippen LogP contribution in [0.3, 0.4) is 0 Å². The van der Waals surface area contributed by atoms with Crippen LogP contribution in [-0.4, -0.2) is 46.2 Å². The lowest BCUT2D eigenvalue weighted by Crippen LogP contribution is -2.47. The molecule has 2 fully saturated rings. The van der Waals surface area contributed by atoms with E-state index in [-0.39, 0.29) is 11.5 Å². The molecule has 2 aliphatic heterocycles.